The second-order valence-electron chi connectivity index (χ2n) is 4.87. The molecule has 17 heavy (non-hydrogen) atoms. The lowest BCUT2D eigenvalue weighted by Gasteiger charge is -2.22. The number of piperidine rings is 1. The van der Waals surface area contributed by atoms with Crippen molar-refractivity contribution in [2.75, 3.05) is 13.1 Å². The number of rotatable bonds is 5. The van der Waals surface area contributed by atoms with E-state index in [0.29, 0.717) is 5.92 Å². The van der Waals surface area contributed by atoms with Crippen molar-refractivity contribution in [1.29, 1.82) is 0 Å². The van der Waals surface area contributed by atoms with Gasteiger partial charge in [-0.15, -0.1) is 0 Å². The van der Waals surface area contributed by atoms with Crippen LogP contribution in [0.2, 0.25) is 0 Å². The molecular formula is C11H22N2O3S. The van der Waals surface area contributed by atoms with Gasteiger partial charge in [-0.2, -0.15) is 0 Å². The Labute approximate surface area is 103 Å². The Bertz CT molecular complexity index is 346. The summed E-state index contributed by atoms with van der Waals surface area (Å²) < 4.78 is 25.0. The number of amides is 1. The topological polar surface area (TPSA) is 75.3 Å². The average Bonchev–Trinajstić information content (AvgIpc) is 2.27. The number of nitrogens with one attached hydrogen (secondary N) is 2. The molecule has 0 radical (unpaired) electrons. The Morgan fingerprint density at radius 2 is 2.18 bits per heavy atom. The lowest BCUT2D eigenvalue weighted by molar-refractivity contribution is -0.119. The van der Waals surface area contributed by atoms with E-state index in [1.54, 1.807) is 13.8 Å². The first-order valence-corrected chi connectivity index (χ1v) is 7.71. The van der Waals surface area contributed by atoms with Gasteiger partial charge in [0.15, 0.2) is 0 Å². The van der Waals surface area contributed by atoms with Crippen molar-refractivity contribution in [3.05, 3.63) is 0 Å². The van der Waals surface area contributed by atoms with E-state index < -0.39 is 15.3 Å². The maximum Gasteiger partial charge on any atom is 0.237 e. The highest BCUT2D eigenvalue weighted by Crippen LogP contribution is 2.15. The summed E-state index contributed by atoms with van der Waals surface area (Å²) in [6, 6.07) is 0. The summed E-state index contributed by atoms with van der Waals surface area (Å²) >= 11 is 0. The van der Waals surface area contributed by atoms with Gasteiger partial charge in [-0.05, 0) is 52.1 Å². The van der Waals surface area contributed by atoms with E-state index in [1.807, 2.05) is 0 Å². The molecule has 0 aromatic heterocycles. The molecule has 1 amide bonds. The van der Waals surface area contributed by atoms with Gasteiger partial charge in [0.05, 0.1) is 5.25 Å². The third-order valence-corrected chi connectivity index (χ3v) is 4.81. The van der Waals surface area contributed by atoms with Gasteiger partial charge in [0.2, 0.25) is 15.9 Å². The van der Waals surface area contributed by atoms with Gasteiger partial charge in [-0.3, -0.25) is 9.52 Å². The third kappa shape index (κ3) is 5.04. The number of carbonyl (C=O) groups is 1. The van der Waals surface area contributed by atoms with Crippen molar-refractivity contribution in [1.82, 2.24) is 10.0 Å². The standard InChI is InChI=1S/C11H22N2O3S/c1-9(2)17(15,16)13-11(14)6-5-10-4-3-7-12-8-10/h9-10,12H,3-8H2,1-2H3,(H,13,14). The second kappa shape index (κ2) is 6.35. The second-order valence-corrected chi connectivity index (χ2v) is 7.11. The van der Waals surface area contributed by atoms with E-state index in [2.05, 4.69) is 10.0 Å². The molecule has 5 nitrogen and oxygen atoms in total. The van der Waals surface area contributed by atoms with Crippen LogP contribution in [0.15, 0.2) is 0 Å². The monoisotopic (exact) mass is 262 g/mol. The Balaban J connectivity index is 2.30. The van der Waals surface area contributed by atoms with Crippen molar-refractivity contribution in [2.24, 2.45) is 5.92 Å². The van der Waals surface area contributed by atoms with Gasteiger partial charge >= 0.3 is 0 Å². The minimum absolute atomic E-state index is 0.290. The van der Waals surface area contributed by atoms with Crippen molar-refractivity contribution in [2.45, 2.75) is 44.8 Å². The van der Waals surface area contributed by atoms with Gasteiger partial charge < -0.3 is 5.32 Å². The van der Waals surface area contributed by atoms with Crippen LogP contribution < -0.4 is 10.0 Å². The van der Waals surface area contributed by atoms with Crippen molar-refractivity contribution in [3.8, 4) is 0 Å². The molecule has 0 aliphatic carbocycles. The molecule has 0 spiro atoms. The van der Waals surface area contributed by atoms with Crippen LogP contribution in [0, 0.1) is 5.92 Å². The molecule has 0 bridgehead atoms. The highest BCUT2D eigenvalue weighted by Gasteiger charge is 2.20. The zero-order valence-electron chi connectivity index (χ0n) is 10.5. The largest absolute Gasteiger partial charge is 0.316 e. The molecule has 1 heterocycles. The first kappa shape index (κ1) is 14.4. The van der Waals surface area contributed by atoms with Gasteiger partial charge in [0.1, 0.15) is 0 Å². The van der Waals surface area contributed by atoms with E-state index in [0.717, 1.165) is 32.4 Å². The zero-order chi connectivity index (χ0) is 12.9. The summed E-state index contributed by atoms with van der Waals surface area (Å²) in [6.07, 6.45) is 3.30. The van der Waals surface area contributed by atoms with Gasteiger partial charge in [0.25, 0.3) is 0 Å². The molecule has 1 rings (SSSR count). The maximum absolute atomic E-state index is 11.5. The van der Waals surface area contributed by atoms with E-state index in [-0.39, 0.29) is 12.3 Å². The fraction of sp³-hybridized carbons (Fsp3) is 0.909. The summed E-state index contributed by atoms with van der Waals surface area (Å²) in [5.41, 5.74) is 0. The molecule has 0 aromatic carbocycles. The molecular weight excluding hydrogens is 240 g/mol. The number of hydrogen-bond acceptors (Lipinski definition) is 4. The highest BCUT2D eigenvalue weighted by molar-refractivity contribution is 7.90. The van der Waals surface area contributed by atoms with E-state index >= 15 is 0 Å². The van der Waals surface area contributed by atoms with Crippen LogP contribution in [0.4, 0.5) is 0 Å². The van der Waals surface area contributed by atoms with Crippen LogP contribution >= 0.6 is 0 Å². The predicted octanol–water partition coefficient (Wildman–Crippen LogP) is 0.621. The van der Waals surface area contributed by atoms with Gasteiger partial charge in [-0.1, -0.05) is 0 Å². The molecule has 1 aliphatic rings. The molecule has 1 fully saturated rings. The van der Waals surface area contributed by atoms with Crippen LogP contribution in [-0.4, -0.2) is 32.7 Å². The average molecular weight is 262 g/mol. The van der Waals surface area contributed by atoms with Gasteiger partial charge in [-0.25, -0.2) is 8.42 Å². The summed E-state index contributed by atoms with van der Waals surface area (Å²) in [7, 11) is -3.47. The minimum atomic E-state index is -3.47. The fourth-order valence-corrected chi connectivity index (χ4v) is 2.49. The first-order valence-electron chi connectivity index (χ1n) is 6.17. The van der Waals surface area contributed by atoms with Crippen LogP contribution in [0.1, 0.15) is 39.5 Å². The molecule has 2 N–H and O–H groups in total. The molecule has 1 atom stereocenters. The molecule has 0 saturated carbocycles. The fourth-order valence-electron chi connectivity index (χ4n) is 1.83. The molecule has 1 unspecified atom stereocenters. The van der Waals surface area contributed by atoms with Crippen molar-refractivity contribution in [3.63, 3.8) is 0 Å². The molecule has 6 heteroatoms. The molecule has 1 saturated heterocycles. The van der Waals surface area contributed by atoms with Gasteiger partial charge in [0, 0.05) is 6.42 Å². The van der Waals surface area contributed by atoms with E-state index in [9.17, 15) is 13.2 Å². The SMILES string of the molecule is CC(C)S(=O)(=O)NC(=O)CCC1CCCNC1. The summed E-state index contributed by atoms with van der Waals surface area (Å²) in [5.74, 6) is 0.112. The lowest BCUT2D eigenvalue weighted by atomic mass is 9.95. The summed E-state index contributed by atoms with van der Waals surface area (Å²) in [6.45, 7) is 5.09. The zero-order valence-corrected chi connectivity index (χ0v) is 11.3. The summed E-state index contributed by atoms with van der Waals surface area (Å²) in [4.78, 5) is 11.5. The Morgan fingerprint density at radius 3 is 2.71 bits per heavy atom. The first-order chi connectivity index (χ1) is 7.92. The highest BCUT2D eigenvalue weighted by atomic mass is 32.2. The third-order valence-electron chi connectivity index (χ3n) is 3.06. The smallest absolute Gasteiger partial charge is 0.237 e. The van der Waals surface area contributed by atoms with Crippen LogP contribution in [0.25, 0.3) is 0 Å². The van der Waals surface area contributed by atoms with Crippen LogP contribution in [0.5, 0.6) is 0 Å². The summed E-state index contributed by atoms with van der Waals surface area (Å²) in [5, 5.41) is 2.71. The van der Waals surface area contributed by atoms with Crippen LogP contribution in [-0.2, 0) is 14.8 Å². The van der Waals surface area contributed by atoms with E-state index in [4.69, 9.17) is 0 Å². The molecule has 100 valence electrons. The van der Waals surface area contributed by atoms with Crippen LogP contribution in [0.3, 0.4) is 0 Å². The Kier molecular flexibility index (Phi) is 5.39. The normalized spacial score (nSPS) is 21.5. The lowest BCUT2D eigenvalue weighted by Crippen LogP contribution is -2.36. The minimum Gasteiger partial charge on any atom is -0.316 e. The Morgan fingerprint density at radius 1 is 1.47 bits per heavy atom. The molecule has 0 aromatic rings. The molecule has 1 aliphatic heterocycles. The quantitative estimate of drug-likeness (QED) is 0.761. The predicted molar refractivity (Wildman–Crippen MR) is 67.0 cm³/mol. The maximum atomic E-state index is 11.5. The number of sulfonamides is 1. The number of carbonyl (C=O) groups excluding carboxylic acids is 1. The van der Waals surface area contributed by atoms with Crippen molar-refractivity contribution < 1.29 is 13.2 Å². The Hall–Kier alpha value is -0.620. The number of hydrogen-bond donors (Lipinski definition) is 2. The van der Waals surface area contributed by atoms with E-state index in [1.165, 1.54) is 0 Å². The van der Waals surface area contributed by atoms with Crippen molar-refractivity contribution >= 4 is 15.9 Å².